The number of sulfonamides is 1. The van der Waals surface area contributed by atoms with Crippen LogP contribution in [0, 0.1) is 12.8 Å². The molecular weight excluding hydrogens is 270 g/mol. The minimum absolute atomic E-state index is 0.336. The first kappa shape index (κ1) is 12.5. The largest absolute Gasteiger partial charge is 0.312 e. The molecular formula is C11H17N3O2S2. The Labute approximate surface area is 111 Å². The van der Waals surface area contributed by atoms with Gasteiger partial charge in [0.15, 0.2) is 4.21 Å². The van der Waals surface area contributed by atoms with Gasteiger partial charge in [0.2, 0.25) is 0 Å². The lowest BCUT2D eigenvalue weighted by atomic mass is 9.94. The predicted octanol–water partition coefficient (Wildman–Crippen LogP) is 0.824. The summed E-state index contributed by atoms with van der Waals surface area (Å²) in [6.45, 7) is 4.09. The zero-order valence-corrected chi connectivity index (χ0v) is 11.9. The predicted molar refractivity (Wildman–Crippen MR) is 70.1 cm³/mol. The Balaban J connectivity index is 1.83. The smallest absolute Gasteiger partial charge is 0.254 e. The molecule has 2 atom stereocenters. The third-order valence-electron chi connectivity index (χ3n) is 3.76. The van der Waals surface area contributed by atoms with Gasteiger partial charge in [-0.1, -0.05) is 0 Å². The van der Waals surface area contributed by atoms with Gasteiger partial charge in [-0.05, 0) is 32.2 Å². The number of piperidine rings is 1. The molecule has 0 radical (unpaired) electrons. The summed E-state index contributed by atoms with van der Waals surface area (Å²) in [4.78, 5) is 4.04. The summed E-state index contributed by atoms with van der Waals surface area (Å²) in [5.41, 5.74) is 0. The molecule has 100 valence electrons. The minimum Gasteiger partial charge on any atom is -0.312 e. The summed E-state index contributed by atoms with van der Waals surface area (Å²) in [6.07, 6.45) is 3.75. The third-order valence-corrected chi connectivity index (χ3v) is 6.94. The molecule has 0 aliphatic carbocycles. The fourth-order valence-electron chi connectivity index (χ4n) is 2.79. The van der Waals surface area contributed by atoms with Gasteiger partial charge in [-0.3, -0.25) is 0 Å². The molecule has 7 heteroatoms. The van der Waals surface area contributed by atoms with Gasteiger partial charge in [0, 0.05) is 19.1 Å². The molecule has 0 aromatic carbocycles. The molecule has 18 heavy (non-hydrogen) atoms. The highest BCUT2D eigenvalue weighted by atomic mass is 32.2. The standard InChI is InChI=1S/C11H17N3O2S2/c1-8-13-5-11(17-8)18(15,16)14-6-9-3-2-4-12-10(9)7-14/h5,9-10,12H,2-4,6-7H2,1H3. The zero-order valence-electron chi connectivity index (χ0n) is 10.3. The van der Waals surface area contributed by atoms with E-state index in [4.69, 9.17) is 0 Å². The van der Waals surface area contributed by atoms with Gasteiger partial charge in [0.1, 0.15) is 0 Å². The maximum atomic E-state index is 12.5. The Bertz CT molecular complexity index is 526. The van der Waals surface area contributed by atoms with Gasteiger partial charge in [-0.25, -0.2) is 13.4 Å². The number of aromatic nitrogens is 1. The number of hydrogen-bond donors (Lipinski definition) is 1. The summed E-state index contributed by atoms with van der Waals surface area (Å²) >= 11 is 1.25. The highest BCUT2D eigenvalue weighted by molar-refractivity contribution is 7.91. The number of thiazole rings is 1. The van der Waals surface area contributed by atoms with E-state index < -0.39 is 10.0 Å². The van der Waals surface area contributed by atoms with E-state index in [1.165, 1.54) is 17.5 Å². The topological polar surface area (TPSA) is 62.3 Å². The van der Waals surface area contributed by atoms with Crippen LogP contribution in [0.25, 0.3) is 0 Å². The number of nitrogens with one attached hydrogen (secondary N) is 1. The van der Waals surface area contributed by atoms with Crippen LogP contribution >= 0.6 is 11.3 Å². The zero-order chi connectivity index (χ0) is 12.8. The number of fused-ring (bicyclic) bond motifs is 1. The Hall–Kier alpha value is -0.500. The Kier molecular flexibility index (Phi) is 3.17. The number of nitrogens with zero attached hydrogens (tertiary/aromatic N) is 2. The molecule has 2 aliphatic heterocycles. The fourth-order valence-corrected chi connectivity index (χ4v) is 5.58. The van der Waals surface area contributed by atoms with Crippen LogP contribution in [0.3, 0.4) is 0 Å². The first-order valence-electron chi connectivity index (χ1n) is 6.23. The molecule has 0 saturated carbocycles. The molecule has 2 fully saturated rings. The van der Waals surface area contributed by atoms with E-state index >= 15 is 0 Å². The van der Waals surface area contributed by atoms with Crippen molar-refractivity contribution < 1.29 is 8.42 Å². The van der Waals surface area contributed by atoms with Crippen molar-refractivity contribution in [1.29, 1.82) is 0 Å². The highest BCUT2D eigenvalue weighted by Crippen LogP contribution is 2.31. The molecule has 3 rings (SSSR count). The van der Waals surface area contributed by atoms with Crippen molar-refractivity contribution in [2.45, 2.75) is 30.0 Å². The number of rotatable bonds is 2. The van der Waals surface area contributed by atoms with Crippen LogP contribution in [-0.4, -0.2) is 43.4 Å². The second kappa shape index (κ2) is 4.56. The minimum atomic E-state index is -3.33. The van der Waals surface area contributed by atoms with E-state index in [-0.39, 0.29) is 0 Å². The summed E-state index contributed by atoms with van der Waals surface area (Å²) in [5, 5.41) is 4.22. The van der Waals surface area contributed by atoms with Crippen LogP contribution in [0.2, 0.25) is 0 Å². The van der Waals surface area contributed by atoms with Crippen molar-refractivity contribution in [2.24, 2.45) is 5.92 Å². The van der Waals surface area contributed by atoms with Gasteiger partial charge in [0.05, 0.1) is 11.2 Å². The summed E-state index contributed by atoms with van der Waals surface area (Å²) in [5.74, 6) is 0.475. The van der Waals surface area contributed by atoms with E-state index in [2.05, 4.69) is 10.3 Å². The van der Waals surface area contributed by atoms with Crippen molar-refractivity contribution >= 4 is 21.4 Å². The molecule has 2 saturated heterocycles. The monoisotopic (exact) mass is 287 g/mol. The molecule has 3 heterocycles. The molecule has 0 bridgehead atoms. The lowest BCUT2D eigenvalue weighted by molar-refractivity contribution is 0.339. The quantitative estimate of drug-likeness (QED) is 0.875. The second-order valence-electron chi connectivity index (χ2n) is 4.98. The molecule has 1 aromatic heterocycles. The first-order chi connectivity index (χ1) is 8.57. The van der Waals surface area contributed by atoms with Crippen LogP contribution in [-0.2, 0) is 10.0 Å². The van der Waals surface area contributed by atoms with E-state index in [0.29, 0.717) is 29.3 Å². The SMILES string of the molecule is Cc1ncc(S(=O)(=O)N2CC3CCCNC3C2)s1. The first-order valence-corrected chi connectivity index (χ1v) is 8.49. The maximum absolute atomic E-state index is 12.5. The fraction of sp³-hybridized carbons (Fsp3) is 0.727. The molecule has 0 spiro atoms. The highest BCUT2D eigenvalue weighted by Gasteiger charge is 2.40. The lowest BCUT2D eigenvalue weighted by Crippen LogP contribution is -2.41. The van der Waals surface area contributed by atoms with E-state index in [9.17, 15) is 8.42 Å². The summed E-state index contributed by atoms with van der Waals surface area (Å²) in [6, 6.07) is 0.336. The van der Waals surface area contributed by atoms with Gasteiger partial charge in [-0.15, -0.1) is 11.3 Å². The van der Waals surface area contributed by atoms with Crippen molar-refractivity contribution in [3.63, 3.8) is 0 Å². The summed E-state index contributed by atoms with van der Waals surface area (Å²) < 4.78 is 26.9. The normalized spacial score (nSPS) is 29.4. The summed E-state index contributed by atoms with van der Waals surface area (Å²) in [7, 11) is -3.33. The Morgan fingerprint density at radius 3 is 3.00 bits per heavy atom. The van der Waals surface area contributed by atoms with Gasteiger partial charge in [0.25, 0.3) is 10.0 Å². The molecule has 2 aliphatic rings. The number of hydrogen-bond acceptors (Lipinski definition) is 5. The second-order valence-corrected chi connectivity index (χ2v) is 8.38. The van der Waals surface area contributed by atoms with Crippen LogP contribution in [0.1, 0.15) is 17.8 Å². The average molecular weight is 287 g/mol. The van der Waals surface area contributed by atoms with E-state index in [1.807, 2.05) is 6.92 Å². The molecule has 2 unspecified atom stereocenters. The van der Waals surface area contributed by atoms with Crippen molar-refractivity contribution in [1.82, 2.24) is 14.6 Å². The van der Waals surface area contributed by atoms with Gasteiger partial charge >= 0.3 is 0 Å². The molecule has 5 nitrogen and oxygen atoms in total. The lowest BCUT2D eigenvalue weighted by Gasteiger charge is -2.24. The number of aryl methyl sites for hydroxylation is 1. The molecule has 0 amide bonds. The van der Waals surface area contributed by atoms with E-state index in [1.54, 1.807) is 4.31 Å². The third kappa shape index (κ3) is 2.09. The van der Waals surface area contributed by atoms with Crippen molar-refractivity contribution in [2.75, 3.05) is 19.6 Å². The van der Waals surface area contributed by atoms with Crippen LogP contribution in [0.15, 0.2) is 10.4 Å². The Morgan fingerprint density at radius 1 is 1.50 bits per heavy atom. The molecule has 1 aromatic rings. The van der Waals surface area contributed by atoms with Crippen molar-refractivity contribution in [3.05, 3.63) is 11.2 Å². The molecule has 1 N–H and O–H groups in total. The van der Waals surface area contributed by atoms with E-state index in [0.717, 1.165) is 24.4 Å². The Morgan fingerprint density at radius 2 is 2.33 bits per heavy atom. The van der Waals surface area contributed by atoms with Gasteiger partial charge < -0.3 is 5.32 Å². The van der Waals surface area contributed by atoms with Crippen LogP contribution < -0.4 is 5.32 Å². The average Bonchev–Trinajstić information content (AvgIpc) is 2.94. The van der Waals surface area contributed by atoms with Gasteiger partial charge in [-0.2, -0.15) is 4.31 Å². The van der Waals surface area contributed by atoms with Crippen LogP contribution in [0.4, 0.5) is 0 Å². The van der Waals surface area contributed by atoms with Crippen molar-refractivity contribution in [3.8, 4) is 0 Å². The maximum Gasteiger partial charge on any atom is 0.254 e. The van der Waals surface area contributed by atoms with Crippen LogP contribution in [0.5, 0.6) is 0 Å².